The first kappa shape index (κ1) is 9.95. The summed E-state index contributed by atoms with van der Waals surface area (Å²) in [7, 11) is -1.28. The van der Waals surface area contributed by atoms with Gasteiger partial charge < -0.3 is 9.31 Å². The summed E-state index contributed by atoms with van der Waals surface area (Å²) < 4.78 is 141. The summed E-state index contributed by atoms with van der Waals surface area (Å²) in [5, 5.41) is -0.686. The van der Waals surface area contributed by atoms with Crippen molar-refractivity contribution in [3.63, 3.8) is 0 Å². The molecule has 4 aromatic rings. The van der Waals surface area contributed by atoms with Crippen LogP contribution >= 0.6 is 0 Å². The van der Waals surface area contributed by atoms with Gasteiger partial charge in [0.15, 0.2) is 0 Å². The standard InChI is InChI=1S/C29H29BO2/c1-28(2)29(3,4)32-30(31-28)24-17-14-22(15-18-24)26-19-16-23(20-21-10-6-5-7-11-21)25-12-8-9-13-27(25)26/h5-19H,20H2,1-4H3/i5D,6D,7D,8D,9D,10D,11D,12D,13D,14D,15D,16D,17D,18D,19D. The van der Waals surface area contributed by atoms with Crippen molar-refractivity contribution < 1.29 is 29.9 Å². The second kappa shape index (κ2) is 7.92. The quantitative estimate of drug-likeness (QED) is 0.346. The molecule has 0 amide bonds. The number of benzene rings is 4. The van der Waals surface area contributed by atoms with Crippen molar-refractivity contribution in [2.75, 3.05) is 0 Å². The normalized spacial score (nSPS) is 23.6. The molecule has 32 heavy (non-hydrogen) atoms. The van der Waals surface area contributed by atoms with Crippen molar-refractivity contribution in [3.05, 3.63) is 102 Å². The fourth-order valence-electron chi connectivity index (χ4n) is 3.38. The van der Waals surface area contributed by atoms with Gasteiger partial charge in [-0.15, -0.1) is 0 Å². The minimum absolute atomic E-state index is 0.205. The van der Waals surface area contributed by atoms with Crippen LogP contribution in [0.25, 0.3) is 21.9 Å². The second-order valence-corrected chi connectivity index (χ2v) is 8.51. The van der Waals surface area contributed by atoms with Gasteiger partial charge in [0.05, 0.1) is 31.8 Å². The monoisotopic (exact) mass is 435 g/mol. The molecule has 0 spiro atoms. The molecule has 1 aliphatic rings. The lowest BCUT2D eigenvalue weighted by Crippen LogP contribution is -2.41. The highest BCUT2D eigenvalue weighted by atomic mass is 16.7. The lowest BCUT2D eigenvalue weighted by molar-refractivity contribution is 0.00578. The number of hydrogen-bond donors (Lipinski definition) is 0. The average Bonchev–Trinajstić information content (AvgIpc) is 3.22. The molecule has 160 valence electrons. The van der Waals surface area contributed by atoms with Gasteiger partial charge >= 0.3 is 7.12 Å². The van der Waals surface area contributed by atoms with Crippen molar-refractivity contribution in [3.8, 4) is 11.1 Å². The van der Waals surface area contributed by atoms with Crippen molar-refractivity contribution in [1.82, 2.24) is 0 Å². The molecule has 1 fully saturated rings. The van der Waals surface area contributed by atoms with Gasteiger partial charge in [-0.05, 0) is 72.6 Å². The maximum Gasteiger partial charge on any atom is 0.494 e. The Bertz CT molecular complexity index is 1970. The molecule has 1 aliphatic heterocycles. The van der Waals surface area contributed by atoms with E-state index >= 15 is 0 Å². The average molecular weight is 435 g/mol. The number of hydrogen-bond acceptors (Lipinski definition) is 2. The summed E-state index contributed by atoms with van der Waals surface area (Å²) in [6.45, 7) is 7.02. The van der Waals surface area contributed by atoms with E-state index in [1.807, 2.05) is 0 Å². The molecular formula is C29H29BO2. The fraction of sp³-hybridized carbons (Fsp3) is 0.241. The van der Waals surface area contributed by atoms with Gasteiger partial charge in [-0.25, -0.2) is 0 Å². The van der Waals surface area contributed by atoms with E-state index in [1.165, 1.54) is 0 Å². The predicted molar refractivity (Wildman–Crippen MR) is 134 cm³/mol. The Labute approximate surface area is 212 Å². The Kier molecular flexibility index (Phi) is 2.46. The van der Waals surface area contributed by atoms with Crippen LogP contribution in [0.2, 0.25) is 0 Å². The van der Waals surface area contributed by atoms with Crippen LogP contribution in [0.3, 0.4) is 0 Å². The van der Waals surface area contributed by atoms with Gasteiger partial charge in [0.1, 0.15) is 0 Å². The number of rotatable bonds is 4. The van der Waals surface area contributed by atoms with E-state index in [0.29, 0.717) is 0 Å². The summed E-state index contributed by atoms with van der Waals surface area (Å²) >= 11 is 0. The third-order valence-corrected chi connectivity index (χ3v) is 5.87. The van der Waals surface area contributed by atoms with Crippen LogP contribution in [0.1, 0.15) is 59.4 Å². The lowest BCUT2D eigenvalue weighted by atomic mass is 9.78. The molecule has 0 aliphatic carbocycles. The SMILES string of the molecule is [2H]c1c([2H])c([2H])c(Cc2c([2H])c([2H])c(-c3c([2H])c([2H])c(B4OC(C)(C)C(C)(C)O4)c([2H])c3[2H])c3c([2H])c([2H])c([2H])c([2H])c23)c([2H])c1[2H]. The molecule has 0 bridgehead atoms. The first-order chi connectivity index (χ1) is 21.6. The first-order valence-corrected chi connectivity index (χ1v) is 10.1. The highest BCUT2D eigenvalue weighted by Gasteiger charge is 2.51. The van der Waals surface area contributed by atoms with E-state index in [4.69, 9.17) is 29.9 Å². The van der Waals surface area contributed by atoms with Gasteiger partial charge in [0.25, 0.3) is 0 Å². The fourth-order valence-corrected chi connectivity index (χ4v) is 3.38. The van der Waals surface area contributed by atoms with Crippen LogP contribution in [0.5, 0.6) is 0 Å². The van der Waals surface area contributed by atoms with Gasteiger partial charge in [-0.2, -0.15) is 0 Å². The molecule has 1 heterocycles. The van der Waals surface area contributed by atoms with Gasteiger partial charge in [-0.3, -0.25) is 0 Å². The maximum absolute atomic E-state index is 9.02. The Morgan fingerprint density at radius 2 is 1.28 bits per heavy atom. The number of fused-ring (bicyclic) bond motifs is 1. The van der Waals surface area contributed by atoms with Gasteiger partial charge in [0.2, 0.25) is 0 Å². The van der Waals surface area contributed by atoms with Crippen molar-refractivity contribution in [2.45, 2.75) is 45.3 Å². The van der Waals surface area contributed by atoms with E-state index in [2.05, 4.69) is 0 Å². The molecule has 2 nitrogen and oxygen atoms in total. The first-order valence-electron chi connectivity index (χ1n) is 17.6. The highest BCUT2D eigenvalue weighted by Crippen LogP contribution is 2.37. The summed E-state index contributed by atoms with van der Waals surface area (Å²) in [6, 6.07) is -9.66. The van der Waals surface area contributed by atoms with E-state index < -0.39 is 127 Å². The third-order valence-electron chi connectivity index (χ3n) is 5.87. The Hall–Kier alpha value is -2.88. The van der Waals surface area contributed by atoms with Gasteiger partial charge in [-0.1, -0.05) is 90.6 Å². The second-order valence-electron chi connectivity index (χ2n) is 8.51. The summed E-state index contributed by atoms with van der Waals surface area (Å²) in [5.41, 5.74) is -3.37. The zero-order valence-electron chi connectivity index (χ0n) is 33.1. The Morgan fingerprint density at radius 1 is 0.688 bits per heavy atom. The summed E-state index contributed by atoms with van der Waals surface area (Å²) in [6.07, 6.45) is -0.574. The zero-order valence-corrected chi connectivity index (χ0v) is 18.1. The predicted octanol–water partition coefficient (Wildman–Crippen LogP) is 6.40. The minimum atomic E-state index is -1.28. The molecule has 1 saturated heterocycles. The van der Waals surface area contributed by atoms with E-state index in [-0.39, 0.29) is 27.4 Å². The molecule has 0 radical (unpaired) electrons. The molecule has 4 aromatic carbocycles. The molecular weight excluding hydrogens is 391 g/mol. The van der Waals surface area contributed by atoms with Crippen molar-refractivity contribution >= 4 is 23.4 Å². The Balaban J connectivity index is 1.88. The van der Waals surface area contributed by atoms with Crippen LogP contribution in [0.4, 0.5) is 0 Å². The molecule has 0 atom stereocenters. The van der Waals surface area contributed by atoms with E-state index in [9.17, 15) is 0 Å². The third kappa shape index (κ3) is 3.76. The summed E-state index contributed by atoms with van der Waals surface area (Å²) in [4.78, 5) is 0. The zero-order chi connectivity index (χ0) is 35.4. The van der Waals surface area contributed by atoms with Crippen molar-refractivity contribution in [2.24, 2.45) is 0 Å². The minimum Gasteiger partial charge on any atom is -0.399 e. The van der Waals surface area contributed by atoms with Crippen molar-refractivity contribution in [1.29, 1.82) is 0 Å². The maximum atomic E-state index is 9.02. The Morgan fingerprint density at radius 3 is 1.94 bits per heavy atom. The lowest BCUT2D eigenvalue weighted by Gasteiger charge is -2.32. The topological polar surface area (TPSA) is 18.5 Å². The molecule has 3 heteroatoms. The summed E-state index contributed by atoms with van der Waals surface area (Å²) in [5.74, 6) is 0. The van der Waals surface area contributed by atoms with Gasteiger partial charge in [0, 0.05) is 0 Å². The van der Waals surface area contributed by atoms with Crippen LogP contribution in [0, 0.1) is 0 Å². The van der Waals surface area contributed by atoms with Crippen LogP contribution in [-0.2, 0) is 15.7 Å². The van der Waals surface area contributed by atoms with E-state index in [0.717, 1.165) is 0 Å². The molecule has 0 N–H and O–H groups in total. The largest absolute Gasteiger partial charge is 0.494 e. The van der Waals surface area contributed by atoms with Crippen LogP contribution in [0.15, 0.2) is 90.6 Å². The molecule has 0 unspecified atom stereocenters. The van der Waals surface area contributed by atoms with Crippen LogP contribution in [-0.4, -0.2) is 18.3 Å². The molecule has 5 rings (SSSR count). The smallest absolute Gasteiger partial charge is 0.399 e. The molecule has 0 aromatic heterocycles. The van der Waals surface area contributed by atoms with E-state index in [1.54, 1.807) is 27.7 Å². The molecule has 0 saturated carbocycles. The van der Waals surface area contributed by atoms with Crippen LogP contribution < -0.4 is 5.46 Å². The highest BCUT2D eigenvalue weighted by molar-refractivity contribution is 6.62.